The fraction of sp³-hybridized carbons (Fsp3) is 0.519. The lowest BCUT2D eigenvalue weighted by atomic mass is 9.74. The third-order valence-electron chi connectivity index (χ3n) is 5.13. The van der Waals surface area contributed by atoms with Crippen LogP contribution in [-0.2, 0) is 11.8 Å². The molecule has 0 radical (unpaired) electrons. The Bertz CT molecular complexity index is 670. The predicted molar refractivity (Wildman–Crippen MR) is 125 cm³/mol. The number of rotatable bonds is 3. The van der Waals surface area contributed by atoms with Gasteiger partial charge < -0.3 is 0 Å². The quantitative estimate of drug-likeness (QED) is 0.523. The molecule has 0 fully saturated rings. The monoisotopic (exact) mass is 382 g/mol. The molecule has 1 atom stereocenters. The Kier molecular flexibility index (Phi) is 12.4. The van der Waals surface area contributed by atoms with Crippen molar-refractivity contribution < 1.29 is 4.79 Å². The van der Waals surface area contributed by atoms with Gasteiger partial charge in [-0.1, -0.05) is 117 Å². The minimum absolute atomic E-state index is 0.0493. The Morgan fingerprint density at radius 3 is 1.82 bits per heavy atom. The molecule has 0 aromatic heterocycles. The summed E-state index contributed by atoms with van der Waals surface area (Å²) in [5.74, 6) is 1.58. The zero-order valence-corrected chi connectivity index (χ0v) is 19.7. The molecule has 0 bridgehead atoms. The second kappa shape index (κ2) is 13.3. The van der Waals surface area contributed by atoms with Crippen LogP contribution in [0.1, 0.15) is 90.2 Å². The Labute approximate surface area is 174 Å². The van der Waals surface area contributed by atoms with Crippen molar-refractivity contribution in [1.29, 1.82) is 0 Å². The van der Waals surface area contributed by atoms with Crippen LogP contribution in [0.25, 0.3) is 0 Å². The summed E-state index contributed by atoms with van der Waals surface area (Å²) < 4.78 is 0. The Hall–Kier alpha value is -1.89. The first-order chi connectivity index (χ1) is 13.3. The smallest absolute Gasteiger partial charge is 0.164 e. The molecule has 28 heavy (non-hydrogen) atoms. The van der Waals surface area contributed by atoms with E-state index in [0.29, 0.717) is 18.1 Å². The van der Waals surface area contributed by atoms with Crippen LogP contribution in [-0.4, -0.2) is 5.78 Å². The van der Waals surface area contributed by atoms with Crippen LogP contribution in [0, 0.1) is 11.8 Å². The molecule has 0 amide bonds. The van der Waals surface area contributed by atoms with Crippen LogP contribution in [0.2, 0.25) is 0 Å². The molecule has 2 aromatic rings. The predicted octanol–water partition coefficient (Wildman–Crippen LogP) is 8.12. The number of hydrogen-bond acceptors (Lipinski definition) is 1. The fourth-order valence-corrected chi connectivity index (χ4v) is 3.35. The van der Waals surface area contributed by atoms with Crippen LogP contribution in [0.3, 0.4) is 0 Å². The first kappa shape index (κ1) is 26.1. The molecule has 0 N–H and O–H groups in total. The van der Waals surface area contributed by atoms with Gasteiger partial charge in [-0.3, -0.25) is 4.79 Å². The van der Waals surface area contributed by atoms with Gasteiger partial charge in [-0.2, -0.15) is 0 Å². The minimum atomic E-state index is 0.0493. The first-order valence-electron chi connectivity index (χ1n) is 11.0. The third-order valence-corrected chi connectivity index (χ3v) is 5.13. The fourth-order valence-electron chi connectivity index (χ4n) is 3.35. The maximum Gasteiger partial charge on any atom is 0.164 e. The molecule has 1 heteroatoms. The van der Waals surface area contributed by atoms with Crippen LogP contribution < -0.4 is 0 Å². The largest absolute Gasteiger partial charge is 0.294 e. The maximum atomic E-state index is 11.8. The van der Waals surface area contributed by atoms with E-state index in [-0.39, 0.29) is 5.41 Å². The summed E-state index contributed by atoms with van der Waals surface area (Å²) in [6.45, 7) is 19.1. The van der Waals surface area contributed by atoms with E-state index in [2.05, 4.69) is 71.0 Å². The van der Waals surface area contributed by atoms with Gasteiger partial charge >= 0.3 is 0 Å². The highest BCUT2D eigenvalue weighted by molar-refractivity contribution is 6.02. The second-order valence-corrected chi connectivity index (χ2v) is 7.80. The average molecular weight is 383 g/mol. The highest BCUT2D eigenvalue weighted by atomic mass is 16.1. The highest BCUT2D eigenvalue weighted by Crippen LogP contribution is 2.43. The molecule has 1 nitrogen and oxygen atoms in total. The van der Waals surface area contributed by atoms with Crippen molar-refractivity contribution in [3.63, 3.8) is 0 Å². The van der Waals surface area contributed by atoms with Gasteiger partial charge in [0, 0.05) is 17.4 Å². The normalized spacial score (nSPS) is 16.9. The van der Waals surface area contributed by atoms with Crippen molar-refractivity contribution in [2.45, 2.75) is 80.6 Å². The third kappa shape index (κ3) is 7.26. The Morgan fingerprint density at radius 2 is 1.32 bits per heavy atom. The van der Waals surface area contributed by atoms with Gasteiger partial charge in [0.1, 0.15) is 0 Å². The molecular weight excluding hydrogens is 340 g/mol. The number of ketones is 1. The standard InChI is InChI=1S/C13H16O.C10H14.2C2H6/c1-9(2)13(3)8-12(14)10-6-4-5-7-11(10)13;1-9(2)8-10-6-4-3-5-7-10;2*1-2/h4-7,9H,8H2,1-3H3;3-7,9H,8H2,1-2H3;2*1-2H3. The minimum Gasteiger partial charge on any atom is -0.294 e. The van der Waals surface area contributed by atoms with E-state index in [0.717, 1.165) is 11.5 Å². The number of carbonyl (C=O) groups is 1. The topological polar surface area (TPSA) is 17.1 Å². The van der Waals surface area contributed by atoms with Crippen molar-refractivity contribution in [2.75, 3.05) is 0 Å². The summed E-state index contributed by atoms with van der Waals surface area (Å²) in [4.78, 5) is 11.8. The van der Waals surface area contributed by atoms with E-state index in [1.54, 1.807) is 0 Å². The van der Waals surface area contributed by atoms with Gasteiger partial charge in [-0.05, 0) is 29.4 Å². The molecule has 156 valence electrons. The first-order valence-corrected chi connectivity index (χ1v) is 11.0. The van der Waals surface area contributed by atoms with Gasteiger partial charge in [0.15, 0.2) is 5.78 Å². The second-order valence-electron chi connectivity index (χ2n) is 7.80. The molecule has 0 spiro atoms. The van der Waals surface area contributed by atoms with E-state index in [4.69, 9.17) is 0 Å². The summed E-state index contributed by atoms with van der Waals surface area (Å²) in [5, 5.41) is 0. The van der Waals surface area contributed by atoms with Gasteiger partial charge in [-0.25, -0.2) is 0 Å². The van der Waals surface area contributed by atoms with E-state index in [1.807, 2.05) is 45.9 Å². The summed E-state index contributed by atoms with van der Waals surface area (Å²) >= 11 is 0. The molecule has 0 aliphatic heterocycles. The Morgan fingerprint density at radius 1 is 0.821 bits per heavy atom. The van der Waals surface area contributed by atoms with E-state index in [1.165, 1.54) is 17.5 Å². The maximum absolute atomic E-state index is 11.8. The van der Waals surface area contributed by atoms with Crippen molar-refractivity contribution >= 4 is 5.78 Å². The van der Waals surface area contributed by atoms with Crippen LogP contribution in [0.15, 0.2) is 54.6 Å². The SMILES string of the molecule is CC.CC.CC(C)C1(C)CC(=O)c2ccccc21.CC(C)Cc1ccccc1. The van der Waals surface area contributed by atoms with Crippen molar-refractivity contribution in [2.24, 2.45) is 11.8 Å². The lowest BCUT2D eigenvalue weighted by Gasteiger charge is -2.29. The van der Waals surface area contributed by atoms with Gasteiger partial charge in [0.25, 0.3) is 0 Å². The van der Waals surface area contributed by atoms with Gasteiger partial charge in [-0.15, -0.1) is 0 Å². The molecule has 0 saturated carbocycles. The molecule has 0 saturated heterocycles. The van der Waals surface area contributed by atoms with Crippen molar-refractivity contribution in [3.8, 4) is 0 Å². The van der Waals surface area contributed by atoms with Gasteiger partial charge in [0.05, 0.1) is 0 Å². The van der Waals surface area contributed by atoms with Crippen molar-refractivity contribution in [1.82, 2.24) is 0 Å². The van der Waals surface area contributed by atoms with Gasteiger partial charge in [0.2, 0.25) is 0 Å². The summed E-state index contributed by atoms with van der Waals surface area (Å²) in [7, 11) is 0. The number of Topliss-reactive ketones (excluding diaryl/α,β-unsaturated/α-hetero) is 1. The van der Waals surface area contributed by atoms with Crippen molar-refractivity contribution in [3.05, 3.63) is 71.3 Å². The molecule has 3 rings (SSSR count). The zero-order valence-electron chi connectivity index (χ0n) is 19.7. The Balaban J connectivity index is 0.000000460. The number of hydrogen-bond donors (Lipinski definition) is 0. The number of fused-ring (bicyclic) bond motifs is 1. The molecule has 1 aliphatic carbocycles. The lowest BCUT2D eigenvalue weighted by Crippen LogP contribution is -2.25. The van der Waals surface area contributed by atoms with Crippen LogP contribution >= 0.6 is 0 Å². The zero-order chi connectivity index (χ0) is 21.7. The molecule has 2 aromatic carbocycles. The lowest BCUT2D eigenvalue weighted by molar-refractivity contribution is 0.0965. The summed E-state index contributed by atoms with van der Waals surface area (Å²) in [6.07, 6.45) is 1.87. The highest BCUT2D eigenvalue weighted by Gasteiger charge is 2.41. The molecule has 1 unspecified atom stereocenters. The number of carbonyl (C=O) groups excluding carboxylic acids is 1. The average Bonchev–Trinajstić information content (AvgIpc) is 2.98. The molecular formula is C27H42O. The van der Waals surface area contributed by atoms with Crippen LogP contribution in [0.4, 0.5) is 0 Å². The van der Waals surface area contributed by atoms with Crippen LogP contribution in [0.5, 0.6) is 0 Å². The van der Waals surface area contributed by atoms with E-state index in [9.17, 15) is 4.79 Å². The molecule has 1 aliphatic rings. The number of benzene rings is 2. The van der Waals surface area contributed by atoms with E-state index < -0.39 is 0 Å². The van der Waals surface area contributed by atoms with E-state index >= 15 is 0 Å². The summed E-state index contributed by atoms with van der Waals surface area (Å²) in [6, 6.07) is 18.6. The summed E-state index contributed by atoms with van der Waals surface area (Å²) in [5.41, 5.74) is 3.66. The molecule has 0 heterocycles.